The van der Waals surface area contributed by atoms with Gasteiger partial charge in [0, 0.05) is 6.42 Å². The first kappa shape index (κ1) is 8.96. The summed E-state index contributed by atoms with van der Waals surface area (Å²) < 4.78 is 0. The topological polar surface area (TPSA) is 28.7 Å². The second kappa shape index (κ2) is 3.37. The minimum absolute atomic E-state index is 0.826. The summed E-state index contributed by atoms with van der Waals surface area (Å²) >= 11 is 0. The number of aryl methyl sites for hydroxylation is 1. The van der Waals surface area contributed by atoms with E-state index < -0.39 is 0 Å². The first-order chi connectivity index (χ1) is 7.36. The van der Waals surface area contributed by atoms with Crippen molar-refractivity contribution in [2.24, 2.45) is 0 Å². The van der Waals surface area contributed by atoms with Crippen LogP contribution in [0.15, 0.2) is 18.2 Å². The number of benzene rings is 1. The van der Waals surface area contributed by atoms with Crippen molar-refractivity contribution in [3.63, 3.8) is 0 Å². The van der Waals surface area contributed by atoms with Crippen molar-refractivity contribution in [2.75, 3.05) is 0 Å². The van der Waals surface area contributed by atoms with E-state index in [2.05, 4.69) is 35.1 Å². The molecule has 1 heterocycles. The monoisotopic (exact) mass is 200 g/mol. The molecule has 15 heavy (non-hydrogen) atoms. The summed E-state index contributed by atoms with van der Waals surface area (Å²) in [6.45, 7) is 2.18. The van der Waals surface area contributed by atoms with E-state index in [0.29, 0.717) is 0 Å². The van der Waals surface area contributed by atoms with Gasteiger partial charge >= 0.3 is 0 Å². The smallest absolute Gasteiger partial charge is 0.107 e. The fourth-order valence-corrected chi connectivity index (χ4v) is 2.11. The molecular formula is C13H16N2. The minimum atomic E-state index is 0.826. The van der Waals surface area contributed by atoms with E-state index in [9.17, 15) is 0 Å². The Balaban J connectivity index is 2.02. The Labute approximate surface area is 89.7 Å². The molecule has 1 aliphatic rings. The zero-order chi connectivity index (χ0) is 10.3. The van der Waals surface area contributed by atoms with Crippen LogP contribution in [0.5, 0.6) is 0 Å². The van der Waals surface area contributed by atoms with Crippen LogP contribution < -0.4 is 0 Å². The Morgan fingerprint density at radius 2 is 2.27 bits per heavy atom. The van der Waals surface area contributed by atoms with Crippen LogP contribution in [-0.4, -0.2) is 9.97 Å². The molecular weight excluding hydrogens is 184 g/mol. The number of aromatic amines is 1. The molecule has 1 saturated carbocycles. The quantitative estimate of drug-likeness (QED) is 0.808. The van der Waals surface area contributed by atoms with E-state index in [1.165, 1.54) is 23.9 Å². The number of nitrogens with zero attached hydrogens (tertiary/aromatic N) is 1. The molecule has 1 aliphatic carbocycles. The molecule has 0 spiro atoms. The summed E-state index contributed by atoms with van der Waals surface area (Å²) in [5.74, 6) is 1.95. The van der Waals surface area contributed by atoms with Crippen LogP contribution in [0.1, 0.15) is 43.5 Å². The molecule has 2 nitrogen and oxygen atoms in total. The van der Waals surface area contributed by atoms with Crippen LogP contribution in [0.4, 0.5) is 0 Å². The van der Waals surface area contributed by atoms with Crippen LogP contribution in [0, 0.1) is 0 Å². The van der Waals surface area contributed by atoms with Crippen molar-refractivity contribution in [3.8, 4) is 0 Å². The van der Waals surface area contributed by atoms with Crippen molar-refractivity contribution < 1.29 is 0 Å². The molecule has 1 aromatic carbocycles. The average Bonchev–Trinajstić information content (AvgIpc) is 2.99. The third kappa shape index (κ3) is 1.65. The lowest BCUT2D eigenvalue weighted by molar-refractivity contribution is 0.861. The Kier molecular flexibility index (Phi) is 2.01. The summed E-state index contributed by atoms with van der Waals surface area (Å²) in [5, 5.41) is 0. The van der Waals surface area contributed by atoms with E-state index >= 15 is 0 Å². The number of H-pyrrole nitrogens is 1. The van der Waals surface area contributed by atoms with Gasteiger partial charge in [-0.3, -0.25) is 0 Å². The number of imidazole rings is 1. The van der Waals surface area contributed by atoms with Crippen LogP contribution >= 0.6 is 0 Å². The standard InChI is InChI=1S/C13H16N2/c1-2-3-13-14-11-7-6-10(9-4-5-9)8-12(11)15-13/h6-9H,2-5H2,1H3,(H,14,15). The summed E-state index contributed by atoms with van der Waals surface area (Å²) in [6, 6.07) is 6.66. The van der Waals surface area contributed by atoms with Gasteiger partial charge in [-0.25, -0.2) is 4.98 Å². The Morgan fingerprint density at radius 1 is 1.40 bits per heavy atom. The van der Waals surface area contributed by atoms with Crippen LogP contribution in [0.3, 0.4) is 0 Å². The number of fused-ring (bicyclic) bond motifs is 1. The highest BCUT2D eigenvalue weighted by Crippen LogP contribution is 2.40. The maximum Gasteiger partial charge on any atom is 0.107 e. The van der Waals surface area contributed by atoms with Crippen molar-refractivity contribution in [2.45, 2.75) is 38.5 Å². The second-order valence-electron chi connectivity index (χ2n) is 4.48. The van der Waals surface area contributed by atoms with Gasteiger partial charge in [-0.05, 0) is 42.9 Å². The predicted octanol–water partition coefficient (Wildman–Crippen LogP) is 3.39. The molecule has 0 radical (unpaired) electrons. The fraction of sp³-hybridized carbons (Fsp3) is 0.462. The van der Waals surface area contributed by atoms with E-state index in [4.69, 9.17) is 0 Å². The van der Waals surface area contributed by atoms with Crippen LogP contribution in [0.2, 0.25) is 0 Å². The number of nitrogens with one attached hydrogen (secondary N) is 1. The molecule has 0 aliphatic heterocycles. The van der Waals surface area contributed by atoms with Gasteiger partial charge in [-0.2, -0.15) is 0 Å². The normalized spacial score (nSPS) is 16.1. The molecule has 2 aromatic rings. The highest BCUT2D eigenvalue weighted by atomic mass is 14.9. The van der Waals surface area contributed by atoms with Gasteiger partial charge in [0.1, 0.15) is 5.82 Å². The molecule has 3 rings (SSSR count). The Hall–Kier alpha value is -1.31. The molecule has 1 N–H and O–H groups in total. The van der Waals surface area contributed by atoms with Gasteiger partial charge in [0.25, 0.3) is 0 Å². The van der Waals surface area contributed by atoms with Crippen molar-refractivity contribution in [1.82, 2.24) is 9.97 Å². The molecule has 1 fully saturated rings. The molecule has 0 unspecified atom stereocenters. The highest BCUT2D eigenvalue weighted by molar-refractivity contribution is 5.76. The molecule has 0 bridgehead atoms. The van der Waals surface area contributed by atoms with Gasteiger partial charge in [-0.15, -0.1) is 0 Å². The SMILES string of the molecule is CCCc1nc2ccc(C3CC3)cc2[nH]1. The third-order valence-electron chi connectivity index (χ3n) is 3.09. The maximum atomic E-state index is 4.57. The summed E-state index contributed by atoms with van der Waals surface area (Å²) in [5.41, 5.74) is 3.81. The molecule has 0 saturated heterocycles. The number of hydrogen-bond donors (Lipinski definition) is 1. The lowest BCUT2D eigenvalue weighted by Crippen LogP contribution is -1.83. The van der Waals surface area contributed by atoms with E-state index in [-0.39, 0.29) is 0 Å². The average molecular weight is 200 g/mol. The lowest BCUT2D eigenvalue weighted by atomic mass is 10.1. The maximum absolute atomic E-state index is 4.57. The van der Waals surface area contributed by atoms with Crippen molar-refractivity contribution in [3.05, 3.63) is 29.6 Å². The van der Waals surface area contributed by atoms with Crippen molar-refractivity contribution >= 4 is 11.0 Å². The van der Waals surface area contributed by atoms with Crippen LogP contribution in [-0.2, 0) is 6.42 Å². The highest BCUT2D eigenvalue weighted by Gasteiger charge is 2.23. The Morgan fingerprint density at radius 3 is 3.00 bits per heavy atom. The van der Waals surface area contributed by atoms with Gasteiger partial charge < -0.3 is 4.98 Å². The third-order valence-corrected chi connectivity index (χ3v) is 3.09. The van der Waals surface area contributed by atoms with E-state index in [1.54, 1.807) is 0 Å². The van der Waals surface area contributed by atoms with Gasteiger partial charge in [0.15, 0.2) is 0 Å². The lowest BCUT2D eigenvalue weighted by Gasteiger charge is -1.95. The number of aromatic nitrogens is 2. The fourth-order valence-electron chi connectivity index (χ4n) is 2.11. The summed E-state index contributed by atoms with van der Waals surface area (Å²) in [7, 11) is 0. The number of hydrogen-bond acceptors (Lipinski definition) is 1. The van der Waals surface area contributed by atoms with E-state index in [0.717, 1.165) is 30.1 Å². The summed E-state index contributed by atoms with van der Waals surface area (Å²) in [4.78, 5) is 7.98. The number of rotatable bonds is 3. The largest absolute Gasteiger partial charge is 0.342 e. The zero-order valence-electron chi connectivity index (χ0n) is 9.09. The Bertz CT molecular complexity index is 480. The zero-order valence-corrected chi connectivity index (χ0v) is 9.09. The van der Waals surface area contributed by atoms with Gasteiger partial charge in [0.2, 0.25) is 0 Å². The first-order valence-corrected chi connectivity index (χ1v) is 5.85. The summed E-state index contributed by atoms with van der Waals surface area (Å²) in [6.07, 6.45) is 4.92. The van der Waals surface area contributed by atoms with Crippen LogP contribution in [0.25, 0.3) is 11.0 Å². The molecule has 78 valence electrons. The van der Waals surface area contributed by atoms with Gasteiger partial charge in [0.05, 0.1) is 11.0 Å². The van der Waals surface area contributed by atoms with E-state index in [1.807, 2.05) is 0 Å². The predicted molar refractivity (Wildman–Crippen MR) is 62.1 cm³/mol. The molecule has 2 heteroatoms. The minimum Gasteiger partial charge on any atom is -0.342 e. The van der Waals surface area contributed by atoms with Gasteiger partial charge in [-0.1, -0.05) is 13.0 Å². The molecule has 0 amide bonds. The second-order valence-corrected chi connectivity index (χ2v) is 4.48. The first-order valence-electron chi connectivity index (χ1n) is 5.85. The van der Waals surface area contributed by atoms with Crippen molar-refractivity contribution in [1.29, 1.82) is 0 Å². The molecule has 1 aromatic heterocycles. The molecule has 0 atom stereocenters.